The second-order valence-corrected chi connectivity index (χ2v) is 8.15. The van der Waals surface area contributed by atoms with Gasteiger partial charge in [0.2, 0.25) is 0 Å². The minimum absolute atomic E-state index is 0. The van der Waals surface area contributed by atoms with Crippen molar-refractivity contribution in [3.63, 3.8) is 0 Å². The fourth-order valence-corrected chi connectivity index (χ4v) is 5.04. The second-order valence-electron chi connectivity index (χ2n) is 7.74. The number of halogens is 3. The predicted molar refractivity (Wildman–Crippen MR) is 108 cm³/mol. The molecule has 3 N–H and O–H groups in total. The number of nitrogens with two attached hydrogens (primary N) is 1. The zero-order valence-corrected chi connectivity index (χ0v) is 17.2. The summed E-state index contributed by atoms with van der Waals surface area (Å²) in [5, 5.41) is 7.29. The summed E-state index contributed by atoms with van der Waals surface area (Å²) in [4.78, 5) is 13.1. The van der Waals surface area contributed by atoms with Gasteiger partial charge in [0, 0.05) is 12.1 Å². The predicted octanol–water partition coefficient (Wildman–Crippen LogP) is 4.50. The normalized spacial score (nSPS) is 26.4. The molecule has 28 heavy (non-hydrogen) atoms. The summed E-state index contributed by atoms with van der Waals surface area (Å²) in [6.07, 6.45) is 5.18. The van der Waals surface area contributed by atoms with Gasteiger partial charge in [0.15, 0.2) is 0 Å². The Labute approximate surface area is 174 Å². The molecule has 1 heterocycles. The largest absolute Gasteiger partial charge is 0.360 e. The van der Waals surface area contributed by atoms with Crippen LogP contribution in [0.3, 0.4) is 0 Å². The average molecular weight is 428 g/mol. The van der Waals surface area contributed by atoms with Gasteiger partial charge in [0.05, 0.1) is 10.6 Å². The summed E-state index contributed by atoms with van der Waals surface area (Å²) in [5.74, 6) is 0.291. The lowest BCUT2D eigenvalue weighted by atomic mass is 9.67. The molecule has 0 spiro atoms. The number of carbonyl (C=O) groups excluding carboxylic acids is 1. The van der Waals surface area contributed by atoms with E-state index < -0.39 is 5.82 Å². The Kier molecular flexibility index (Phi) is 6.32. The first kappa shape index (κ1) is 21.1. The number of hydrogen-bond donors (Lipinski definition) is 2. The quantitative estimate of drug-likeness (QED) is 0.755. The van der Waals surface area contributed by atoms with Crippen LogP contribution in [0, 0.1) is 24.6 Å². The molecule has 1 aromatic heterocycles. The van der Waals surface area contributed by atoms with Crippen LogP contribution in [0.15, 0.2) is 22.7 Å². The molecule has 1 aromatic carbocycles. The van der Waals surface area contributed by atoms with Crippen molar-refractivity contribution < 1.29 is 13.7 Å². The van der Waals surface area contributed by atoms with Crippen LogP contribution in [0.2, 0.25) is 5.02 Å². The van der Waals surface area contributed by atoms with Crippen LogP contribution in [0.4, 0.5) is 4.39 Å². The van der Waals surface area contributed by atoms with Crippen LogP contribution < -0.4 is 11.1 Å². The van der Waals surface area contributed by atoms with Crippen molar-refractivity contribution in [2.45, 2.75) is 51.1 Å². The fraction of sp³-hybridized carbons (Fsp3) is 0.500. The number of aromatic nitrogens is 1. The van der Waals surface area contributed by atoms with Crippen molar-refractivity contribution in [1.29, 1.82) is 0 Å². The number of rotatable bonds is 3. The summed E-state index contributed by atoms with van der Waals surface area (Å²) in [6.45, 7) is 1.65. The first-order valence-electron chi connectivity index (χ1n) is 9.42. The lowest BCUT2D eigenvalue weighted by Crippen LogP contribution is -2.53. The third-order valence-electron chi connectivity index (χ3n) is 5.96. The molecule has 5 nitrogen and oxygen atoms in total. The number of fused-ring (bicyclic) bond motifs is 2. The Hall–Kier alpha value is -1.63. The monoisotopic (exact) mass is 427 g/mol. The van der Waals surface area contributed by atoms with Gasteiger partial charge in [0.1, 0.15) is 22.8 Å². The van der Waals surface area contributed by atoms with E-state index in [0.29, 0.717) is 17.6 Å². The molecular weight excluding hydrogens is 404 g/mol. The maximum atomic E-state index is 14.4. The van der Waals surface area contributed by atoms with Crippen LogP contribution in [0.25, 0.3) is 11.3 Å². The molecule has 2 aromatic rings. The van der Waals surface area contributed by atoms with E-state index >= 15 is 0 Å². The molecule has 0 radical (unpaired) electrons. The number of amides is 1. The molecule has 2 saturated carbocycles. The van der Waals surface area contributed by atoms with Crippen molar-refractivity contribution in [3.8, 4) is 11.3 Å². The Balaban J connectivity index is 0.00000225. The molecule has 152 valence electrons. The highest BCUT2D eigenvalue weighted by Crippen LogP contribution is 2.40. The van der Waals surface area contributed by atoms with Crippen LogP contribution in [0.5, 0.6) is 0 Å². The fourth-order valence-electron chi connectivity index (χ4n) is 4.78. The third kappa shape index (κ3) is 3.78. The lowest BCUT2D eigenvalue weighted by Gasteiger charge is -2.45. The zero-order valence-electron chi connectivity index (χ0n) is 15.6. The number of nitrogens with one attached hydrogen (secondary N) is 1. The van der Waals surface area contributed by atoms with Crippen LogP contribution in [0.1, 0.15) is 48.2 Å². The van der Waals surface area contributed by atoms with Gasteiger partial charge in [-0.15, -0.1) is 12.4 Å². The topological polar surface area (TPSA) is 81.2 Å². The highest BCUT2D eigenvalue weighted by molar-refractivity contribution is 6.33. The molecule has 2 atom stereocenters. The summed E-state index contributed by atoms with van der Waals surface area (Å²) in [6, 6.07) is 4.67. The summed E-state index contributed by atoms with van der Waals surface area (Å²) in [7, 11) is 0. The summed E-state index contributed by atoms with van der Waals surface area (Å²) >= 11 is 6.17. The lowest BCUT2D eigenvalue weighted by molar-refractivity contribution is 0.0755. The maximum absolute atomic E-state index is 14.4. The van der Waals surface area contributed by atoms with Gasteiger partial charge in [-0.2, -0.15) is 0 Å². The van der Waals surface area contributed by atoms with Crippen LogP contribution in [-0.4, -0.2) is 23.1 Å². The van der Waals surface area contributed by atoms with E-state index in [1.54, 1.807) is 13.0 Å². The van der Waals surface area contributed by atoms with E-state index in [-0.39, 0.29) is 52.2 Å². The highest BCUT2D eigenvalue weighted by Gasteiger charge is 2.40. The number of aryl methyl sites for hydroxylation is 1. The molecule has 0 aliphatic heterocycles. The van der Waals surface area contributed by atoms with Crippen LogP contribution in [-0.2, 0) is 0 Å². The molecule has 0 saturated heterocycles. The van der Waals surface area contributed by atoms with E-state index in [2.05, 4.69) is 10.5 Å². The van der Waals surface area contributed by atoms with Gasteiger partial charge < -0.3 is 15.6 Å². The number of carbonyl (C=O) groups is 1. The molecule has 1 amide bonds. The van der Waals surface area contributed by atoms with Gasteiger partial charge in [-0.1, -0.05) is 29.2 Å². The number of benzene rings is 1. The summed E-state index contributed by atoms with van der Waals surface area (Å²) < 4.78 is 19.6. The van der Waals surface area contributed by atoms with Crippen molar-refractivity contribution in [2.75, 3.05) is 0 Å². The SMILES string of the molecule is Cc1onc(-c2c(F)cccc2Cl)c1C(=O)NC1C2CCCC1CC(N)C2.Cl. The maximum Gasteiger partial charge on any atom is 0.257 e. The highest BCUT2D eigenvalue weighted by atomic mass is 35.5. The Morgan fingerprint density at radius 1 is 1.32 bits per heavy atom. The van der Waals surface area contributed by atoms with Gasteiger partial charge in [-0.25, -0.2) is 4.39 Å². The zero-order chi connectivity index (χ0) is 19.1. The van der Waals surface area contributed by atoms with Gasteiger partial charge in [-0.3, -0.25) is 4.79 Å². The molecule has 8 heteroatoms. The third-order valence-corrected chi connectivity index (χ3v) is 6.28. The Bertz CT molecular complexity index is 839. The number of nitrogens with zero attached hydrogens (tertiary/aromatic N) is 1. The van der Waals surface area contributed by atoms with Gasteiger partial charge in [-0.05, 0) is 56.6 Å². The molecule has 2 aliphatic carbocycles. The van der Waals surface area contributed by atoms with E-state index in [0.717, 1.165) is 25.7 Å². The minimum atomic E-state index is -0.537. The number of hydrogen-bond acceptors (Lipinski definition) is 4. The minimum Gasteiger partial charge on any atom is -0.360 e. The van der Waals surface area contributed by atoms with E-state index in [1.807, 2.05) is 0 Å². The van der Waals surface area contributed by atoms with Crippen LogP contribution >= 0.6 is 24.0 Å². The van der Waals surface area contributed by atoms with E-state index in [9.17, 15) is 9.18 Å². The molecule has 2 unspecified atom stereocenters. The average Bonchev–Trinajstić information content (AvgIpc) is 2.97. The van der Waals surface area contributed by atoms with E-state index in [1.165, 1.54) is 18.6 Å². The van der Waals surface area contributed by atoms with Gasteiger partial charge >= 0.3 is 0 Å². The van der Waals surface area contributed by atoms with Crippen molar-refractivity contribution in [2.24, 2.45) is 17.6 Å². The first-order chi connectivity index (χ1) is 13.0. The Morgan fingerprint density at radius 2 is 2.00 bits per heavy atom. The molecule has 2 fully saturated rings. The van der Waals surface area contributed by atoms with Crippen molar-refractivity contribution >= 4 is 29.9 Å². The standard InChI is InChI=1S/C20H23ClFN3O2.ClH/c1-10-16(19(25-27-10)17-14(21)6-3-7-15(17)22)20(26)24-18-11-4-2-5-12(18)9-13(23)8-11;/h3,6-7,11-13,18H,2,4-5,8-9,23H2,1H3,(H,24,26);1H. The molecular formula is C20H24Cl2FN3O2. The molecule has 2 bridgehead atoms. The smallest absolute Gasteiger partial charge is 0.257 e. The van der Waals surface area contributed by atoms with E-state index in [4.69, 9.17) is 21.9 Å². The second kappa shape index (κ2) is 8.39. The van der Waals surface area contributed by atoms with Crippen molar-refractivity contribution in [3.05, 3.63) is 40.4 Å². The Morgan fingerprint density at radius 3 is 2.64 bits per heavy atom. The summed E-state index contributed by atoms with van der Waals surface area (Å²) in [5.41, 5.74) is 6.66. The van der Waals surface area contributed by atoms with Crippen molar-refractivity contribution in [1.82, 2.24) is 10.5 Å². The van der Waals surface area contributed by atoms with Gasteiger partial charge in [0.25, 0.3) is 5.91 Å². The molecule has 2 aliphatic rings. The first-order valence-corrected chi connectivity index (χ1v) is 9.80. The molecule has 4 rings (SSSR count).